The number of rotatable bonds is 4. The van der Waals surface area contributed by atoms with E-state index in [4.69, 9.17) is 28.5 Å². The molecule has 0 radical (unpaired) electrons. The minimum atomic E-state index is -0.576. The molecule has 0 saturated carbocycles. The van der Waals surface area contributed by atoms with E-state index in [0.717, 1.165) is 4.47 Å². The van der Waals surface area contributed by atoms with Crippen LogP contribution in [0.4, 0.5) is 11.5 Å². The van der Waals surface area contributed by atoms with Gasteiger partial charge >= 0.3 is 0 Å². The van der Waals surface area contributed by atoms with E-state index in [1.165, 1.54) is 12.3 Å². The van der Waals surface area contributed by atoms with Crippen LogP contribution in [-0.4, -0.2) is 10.9 Å². The maximum absolute atomic E-state index is 12.1. The van der Waals surface area contributed by atoms with Crippen molar-refractivity contribution in [3.05, 3.63) is 62.8 Å². The summed E-state index contributed by atoms with van der Waals surface area (Å²) < 4.78 is 0.821. The molecule has 1 aromatic heterocycles. The van der Waals surface area contributed by atoms with Gasteiger partial charge in [-0.3, -0.25) is 4.79 Å². The molecule has 0 aliphatic heterocycles. The summed E-state index contributed by atoms with van der Waals surface area (Å²) in [6.07, 6.45) is 2.86. The fraction of sp³-hybridized carbons (Fsp3) is 0. The van der Waals surface area contributed by atoms with Crippen LogP contribution in [-0.2, 0) is 4.79 Å². The van der Waals surface area contributed by atoms with Crippen LogP contribution in [0, 0.1) is 11.3 Å². The normalized spacial score (nSPS) is 10.8. The Balaban J connectivity index is 2.10. The molecule has 0 fully saturated rings. The number of benzene rings is 1. The number of anilines is 2. The molecule has 8 heteroatoms. The number of nitriles is 1. The van der Waals surface area contributed by atoms with E-state index in [0.29, 0.717) is 21.6 Å². The Hall–Kier alpha value is -2.07. The highest BCUT2D eigenvalue weighted by molar-refractivity contribution is 9.10. The topological polar surface area (TPSA) is 77.8 Å². The molecule has 23 heavy (non-hydrogen) atoms. The van der Waals surface area contributed by atoms with Gasteiger partial charge in [-0.25, -0.2) is 4.98 Å². The number of amides is 1. The number of nitrogens with zero attached hydrogens (tertiary/aromatic N) is 2. The number of carbonyl (C=O) groups excluding carboxylic acids is 1. The fourth-order valence-electron chi connectivity index (χ4n) is 1.55. The molecular formula is C15H9BrCl2N4O. The third-order valence-electron chi connectivity index (χ3n) is 2.63. The lowest BCUT2D eigenvalue weighted by molar-refractivity contribution is -0.112. The van der Waals surface area contributed by atoms with Crippen LogP contribution in [0.5, 0.6) is 0 Å². The maximum atomic E-state index is 12.1. The Morgan fingerprint density at radius 3 is 2.70 bits per heavy atom. The van der Waals surface area contributed by atoms with Crippen LogP contribution >= 0.6 is 39.1 Å². The predicted octanol–water partition coefficient (Wildman–Crippen LogP) is 4.61. The van der Waals surface area contributed by atoms with Crippen LogP contribution in [0.25, 0.3) is 0 Å². The molecule has 0 unspecified atom stereocenters. The van der Waals surface area contributed by atoms with Gasteiger partial charge < -0.3 is 10.6 Å². The lowest BCUT2D eigenvalue weighted by atomic mass is 10.2. The molecule has 5 nitrogen and oxygen atoms in total. The molecular weight excluding hydrogens is 403 g/mol. The summed E-state index contributed by atoms with van der Waals surface area (Å²) in [7, 11) is 0. The van der Waals surface area contributed by atoms with E-state index in [1.54, 1.807) is 30.5 Å². The second kappa shape index (κ2) is 7.97. The molecule has 2 N–H and O–H groups in total. The van der Waals surface area contributed by atoms with Gasteiger partial charge in [0.25, 0.3) is 5.91 Å². The monoisotopic (exact) mass is 410 g/mol. The molecule has 0 spiro atoms. The van der Waals surface area contributed by atoms with Gasteiger partial charge in [0.05, 0.1) is 10.0 Å². The average Bonchev–Trinajstić information content (AvgIpc) is 2.51. The second-order valence-corrected chi connectivity index (χ2v) is 5.99. The predicted molar refractivity (Wildman–Crippen MR) is 94.3 cm³/mol. The van der Waals surface area contributed by atoms with Crippen molar-refractivity contribution in [3.8, 4) is 6.07 Å². The van der Waals surface area contributed by atoms with Crippen molar-refractivity contribution < 1.29 is 4.79 Å². The Kier molecular flexibility index (Phi) is 5.99. The van der Waals surface area contributed by atoms with Crippen LogP contribution < -0.4 is 10.6 Å². The quantitative estimate of drug-likeness (QED) is 0.568. The highest BCUT2D eigenvalue weighted by atomic mass is 79.9. The van der Waals surface area contributed by atoms with E-state index in [-0.39, 0.29) is 5.57 Å². The van der Waals surface area contributed by atoms with Crippen molar-refractivity contribution in [1.29, 1.82) is 5.26 Å². The van der Waals surface area contributed by atoms with Crippen molar-refractivity contribution >= 4 is 56.5 Å². The average molecular weight is 412 g/mol. The van der Waals surface area contributed by atoms with Crippen LogP contribution in [0.1, 0.15) is 0 Å². The maximum Gasteiger partial charge on any atom is 0.267 e. The van der Waals surface area contributed by atoms with Gasteiger partial charge in [0.2, 0.25) is 0 Å². The first-order valence-electron chi connectivity index (χ1n) is 6.24. The summed E-state index contributed by atoms with van der Waals surface area (Å²) in [4.78, 5) is 16.1. The third-order valence-corrected chi connectivity index (χ3v) is 3.86. The highest BCUT2D eigenvalue weighted by Crippen LogP contribution is 2.25. The van der Waals surface area contributed by atoms with Crippen LogP contribution in [0.3, 0.4) is 0 Å². The smallest absolute Gasteiger partial charge is 0.267 e. The van der Waals surface area contributed by atoms with Gasteiger partial charge in [-0.05, 0) is 30.3 Å². The van der Waals surface area contributed by atoms with Crippen molar-refractivity contribution in [2.24, 2.45) is 0 Å². The zero-order valence-electron chi connectivity index (χ0n) is 11.5. The van der Waals surface area contributed by atoms with Crippen molar-refractivity contribution in [3.63, 3.8) is 0 Å². The summed E-state index contributed by atoms with van der Waals surface area (Å²) in [5.74, 6) is -0.0807. The van der Waals surface area contributed by atoms with E-state index in [1.807, 2.05) is 6.07 Å². The van der Waals surface area contributed by atoms with Crippen LogP contribution in [0.2, 0.25) is 10.0 Å². The number of pyridine rings is 1. The van der Waals surface area contributed by atoms with Gasteiger partial charge in [0.15, 0.2) is 0 Å². The summed E-state index contributed by atoms with van der Waals surface area (Å²) in [6, 6.07) is 9.93. The SMILES string of the molecule is N#C/C(=C/Nc1cc(Br)ccn1)C(=O)Nc1ccc(Cl)c(Cl)c1. The number of nitrogens with one attached hydrogen (secondary N) is 2. The van der Waals surface area contributed by atoms with Gasteiger partial charge in [-0.15, -0.1) is 0 Å². The lowest BCUT2D eigenvalue weighted by Gasteiger charge is -2.06. The largest absolute Gasteiger partial charge is 0.345 e. The number of hydrogen-bond donors (Lipinski definition) is 2. The minimum absolute atomic E-state index is 0.113. The van der Waals surface area contributed by atoms with Gasteiger partial charge in [0, 0.05) is 22.6 Å². The highest BCUT2D eigenvalue weighted by Gasteiger charge is 2.10. The Morgan fingerprint density at radius 1 is 1.26 bits per heavy atom. The molecule has 116 valence electrons. The Labute approximate surface area is 151 Å². The zero-order valence-corrected chi connectivity index (χ0v) is 14.6. The molecule has 0 aliphatic rings. The van der Waals surface area contributed by atoms with E-state index >= 15 is 0 Å². The minimum Gasteiger partial charge on any atom is -0.345 e. The molecule has 2 aromatic rings. The van der Waals surface area contributed by atoms with E-state index in [9.17, 15) is 4.79 Å². The van der Waals surface area contributed by atoms with Crippen molar-refractivity contribution in [1.82, 2.24) is 4.98 Å². The van der Waals surface area contributed by atoms with Crippen molar-refractivity contribution in [2.45, 2.75) is 0 Å². The summed E-state index contributed by atoms with van der Waals surface area (Å²) >= 11 is 15.0. The van der Waals surface area contributed by atoms with Crippen molar-refractivity contribution in [2.75, 3.05) is 10.6 Å². The Morgan fingerprint density at radius 2 is 2.04 bits per heavy atom. The third kappa shape index (κ3) is 4.96. The Bertz CT molecular complexity index is 817. The van der Waals surface area contributed by atoms with E-state index in [2.05, 4.69) is 31.5 Å². The molecule has 0 aliphatic carbocycles. The number of hydrogen-bond acceptors (Lipinski definition) is 4. The lowest BCUT2D eigenvalue weighted by Crippen LogP contribution is -2.14. The molecule has 1 amide bonds. The summed E-state index contributed by atoms with van der Waals surface area (Å²) in [6.45, 7) is 0. The summed E-state index contributed by atoms with van der Waals surface area (Å²) in [5, 5.41) is 15.2. The zero-order chi connectivity index (χ0) is 16.8. The molecule has 0 saturated heterocycles. The first kappa shape index (κ1) is 17.3. The van der Waals surface area contributed by atoms with Crippen LogP contribution in [0.15, 0.2) is 52.8 Å². The van der Waals surface area contributed by atoms with E-state index < -0.39 is 5.91 Å². The fourth-order valence-corrected chi connectivity index (χ4v) is 2.18. The molecule has 0 bridgehead atoms. The van der Waals surface area contributed by atoms with Gasteiger partial charge in [-0.2, -0.15) is 5.26 Å². The second-order valence-electron chi connectivity index (χ2n) is 4.26. The molecule has 1 heterocycles. The first-order chi connectivity index (χ1) is 11.0. The molecule has 0 atom stereocenters. The number of carbonyl (C=O) groups is 1. The molecule has 2 rings (SSSR count). The van der Waals surface area contributed by atoms with Gasteiger partial charge in [0.1, 0.15) is 17.5 Å². The first-order valence-corrected chi connectivity index (χ1v) is 7.79. The number of aromatic nitrogens is 1. The summed E-state index contributed by atoms with van der Waals surface area (Å²) in [5.41, 5.74) is 0.323. The standard InChI is InChI=1S/C15H9BrCl2N4O/c16-10-3-4-20-14(5-10)21-8-9(7-19)15(23)22-11-1-2-12(17)13(18)6-11/h1-6,8H,(H,20,21)(H,22,23)/b9-8-. The van der Waals surface area contributed by atoms with Gasteiger partial charge in [-0.1, -0.05) is 39.1 Å². The number of halogens is 3. The molecule has 1 aromatic carbocycles.